The molecular weight excluding hydrogens is 416 g/mol. The van der Waals surface area contributed by atoms with E-state index in [1.54, 1.807) is 12.1 Å². The highest BCUT2D eigenvalue weighted by Gasteiger charge is 2.29. The third-order valence-corrected chi connectivity index (χ3v) is 7.10. The van der Waals surface area contributed by atoms with E-state index in [9.17, 15) is 13.2 Å². The topological polar surface area (TPSA) is 111 Å². The first-order valence-electron chi connectivity index (χ1n) is 9.01. The van der Waals surface area contributed by atoms with Crippen molar-refractivity contribution in [3.63, 3.8) is 0 Å². The molecule has 1 aromatic heterocycles. The Kier molecular flexibility index (Phi) is 6.96. The van der Waals surface area contributed by atoms with Crippen LogP contribution in [0.4, 0.5) is 5.13 Å². The fourth-order valence-electron chi connectivity index (χ4n) is 2.69. The maximum absolute atomic E-state index is 13.0. The van der Waals surface area contributed by atoms with Gasteiger partial charge < -0.3 is 9.47 Å². The molecule has 9 nitrogen and oxygen atoms in total. The van der Waals surface area contributed by atoms with E-state index in [0.717, 1.165) is 11.4 Å². The lowest BCUT2D eigenvalue weighted by atomic mass is 10.2. The first-order chi connectivity index (χ1) is 13.9. The summed E-state index contributed by atoms with van der Waals surface area (Å²) in [6.45, 7) is 3.24. The number of methoxy groups -OCH3 is 1. The number of ether oxygens (including phenoxy) is 2. The van der Waals surface area contributed by atoms with Crippen LogP contribution in [0.3, 0.4) is 0 Å². The van der Waals surface area contributed by atoms with Gasteiger partial charge in [0.1, 0.15) is 15.7 Å². The van der Waals surface area contributed by atoms with Gasteiger partial charge in [-0.25, -0.2) is 8.42 Å². The Morgan fingerprint density at radius 1 is 1.34 bits per heavy atom. The second-order valence-electron chi connectivity index (χ2n) is 6.10. The number of aryl methyl sites for hydroxylation is 1. The normalized spacial score (nSPS) is 15.5. The van der Waals surface area contributed by atoms with E-state index in [1.165, 1.54) is 41.0 Å². The summed E-state index contributed by atoms with van der Waals surface area (Å²) >= 11 is 1.31. The zero-order valence-electron chi connectivity index (χ0n) is 16.1. The quantitative estimate of drug-likeness (QED) is 0.656. The molecule has 1 aromatic carbocycles. The molecule has 1 fully saturated rings. The van der Waals surface area contributed by atoms with Crippen LogP contribution in [0.5, 0.6) is 5.75 Å². The number of amides is 1. The smallest absolute Gasteiger partial charge is 0.250 e. The Morgan fingerprint density at radius 3 is 2.76 bits per heavy atom. The van der Waals surface area contributed by atoms with Gasteiger partial charge in [0.2, 0.25) is 21.1 Å². The summed E-state index contributed by atoms with van der Waals surface area (Å²) in [7, 11) is -2.32. The van der Waals surface area contributed by atoms with Gasteiger partial charge in [-0.1, -0.05) is 24.3 Å². The molecule has 156 valence electrons. The van der Waals surface area contributed by atoms with Crippen molar-refractivity contribution in [2.45, 2.75) is 18.2 Å². The zero-order valence-corrected chi connectivity index (χ0v) is 17.8. The van der Waals surface area contributed by atoms with Crippen molar-refractivity contribution in [3.8, 4) is 5.75 Å². The number of rotatable bonds is 7. The molecule has 1 N–H and O–H groups in total. The lowest BCUT2D eigenvalue weighted by Gasteiger charge is -2.26. The molecule has 2 heterocycles. The Bertz CT molecular complexity index is 997. The van der Waals surface area contributed by atoms with Crippen LogP contribution in [0, 0.1) is 0 Å². The Balaban J connectivity index is 1.78. The van der Waals surface area contributed by atoms with Gasteiger partial charge in [-0.15, -0.1) is 10.2 Å². The molecule has 1 aliphatic heterocycles. The first-order valence-corrected chi connectivity index (χ1v) is 11.3. The number of carbonyl (C=O) groups excluding carboxylic acids is 1. The second-order valence-corrected chi connectivity index (χ2v) is 9.07. The van der Waals surface area contributed by atoms with Gasteiger partial charge in [0.25, 0.3) is 0 Å². The molecule has 1 saturated heterocycles. The summed E-state index contributed by atoms with van der Waals surface area (Å²) < 4.78 is 37.8. The van der Waals surface area contributed by atoms with Crippen LogP contribution < -0.4 is 10.1 Å². The fourth-order valence-corrected chi connectivity index (χ4v) is 4.97. The van der Waals surface area contributed by atoms with E-state index in [-0.39, 0.29) is 29.6 Å². The van der Waals surface area contributed by atoms with Gasteiger partial charge in [-0.2, -0.15) is 4.31 Å². The number of sulfonamides is 1. The highest BCUT2D eigenvalue weighted by atomic mass is 32.2. The predicted molar refractivity (Wildman–Crippen MR) is 110 cm³/mol. The molecule has 2 aromatic rings. The van der Waals surface area contributed by atoms with E-state index >= 15 is 0 Å². The van der Waals surface area contributed by atoms with Crippen LogP contribution in [0.25, 0.3) is 6.08 Å². The van der Waals surface area contributed by atoms with Crippen LogP contribution in [-0.2, 0) is 26.0 Å². The Hall–Kier alpha value is -2.34. The van der Waals surface area contributed by atoms with E-state index < -0.39 is 10.0 Å². The summed E-state index contributed by atoms with van der Waals surface area (Å²) in [6, 6.07) is 4.75. The van der Waals surface area contributed by atoms with Crippen molar-refractivity contribution in [1.82, 2.24) is 14.5 Å². The maximum Gasteiger partial charge on any atom is 0.250 e. The number of hydrogen-bond donors (Lipinski definition) is 1. The molecule has 0 atom stereocenters. The molecule has 0 radical (unpaired) electrons. The third-order valence-electron chi connectivity index (χ3n) is 4.20. The number of aromatic nitrogens is 2. The molecule has 0 bridgehead atoms. The minimum atomic E-state index is -3.74. The number of morpholine rings is 1. The lowest BCUT2D eigenvalue weighted by Crippen LogP contribution is -2.40. The van der Waals surface area contributed by atoms with E-state index in [0.29, 0.717) is 23.9 Å². The molecule has 0 spiro atoms. The highest BCUT2D eigenvalue weighted by Crippen LogP contribution is 2.29. The van der Waals surface area contributed by atoms with Crippen molar-refractivity contribution >= 4 is 38.5 Å². The van der Waals surface area contributed by atoms with Gasteiger partial charge in [-0.3, -0.25) is 10.1 Å². The average Bonchev–Trinajstić information content (AvgIpc) is 3.20. The third kappa shape index (κ3) is 5.18. The summed E-state index contributed by atoms with van der Waals surface area (Å²) in [5.41, 5.74) is 0.555. The number of nitrogens with one attached hydrogen (secondary N) is 1. The predicted octanol–water partition coefficient (Wildman–Crippen LogP) is 1.78. The summed E-state index contributed by atoms with van der Waals surface area (Å²) in [6.07, 6.45) is 3.60. The van der Waals surface area contributed by atoms with Crippen molar-refractivity contribution in [3.05, 3.63) is 34.8 Å². The molecular formula is C18H22N4O5S2. The van der Waals surface area contributed by atoms with Gasteiger partial charge in [-0.05, 0) is 30.2 Å². The van der Waals surface area contributed by atoms with Gasteiger partial charge in [0, 0.05) is 19.2 Å². The number of hydrogen-bond acceptors (Lipinski definition) is 8. The van der Waals surface area contributed by atoms with Crippen LogP contribution in [0.2, 0.25) is 0 Å². The van der Waals surface area contributed by atoms with Crippen molar-refractivity contribution in [1.29, 1.82) is 0 Å². The number of benzene rings is 1. The molecule has 0 saturated carbocycles. The van der Waals surface area contributed by atoms with E-state index in [4.69, 9.17) is 9.47 Å². The number of anilines is 1. The summed E-state index contributed by atoms with van der Waals surface area (Å²) in [5.74, 6) is -0.128. The SMILES string of the molecule is CCc1nnc(NC(=O)/C=C/c2ccc(OC)c(S(=O)(=O)N3CCOCC3)c2)s1. The van der Waals surface area contributed by atoms with Crippen molar-refractivity contribution in [2.24, 2.45) is 0 Å². The molecule has 29 heavy (non-hydrogen) atoms. The zero-order chi connectivity index (χ0) is 20.9. The molecule has 0 unspecified atom stereocenters. The Labute approximate surface area is 173 Å². The minimum absolute atomic E-state index is 0.0566. The molecule has 0 aliphatic carbocycles. The second kappa shape index (κ2) is 9.44. The summed E-state index contributed by atoms with van der Waals surface area (Å²) in [4.78, 5) is 12.2. The molecule has 1 aliphatic rings. The van der Waals surface area contributed by atoms with Gasteiger partial charge >= 0.3 is 0 Å². The number of nitrogens with zero attached hydrogens (tertiary/aromatic N) is 3. The van der Waals surface area contributed by atoms with Crippen molar-refractivity contribution in [2.75, 3.05) is 38.7 Å². The van der Waals surface area contributed by atoms with Crippen LogP contribution in [0.1, 0.15) is 17.5 Å². The average molecular weight is 439 g/mol. The molecule has 1 amide bonds. The van der Waals surface area contributed by atoms with Gasteiger partial charge in [0.05, 0.1) is 20.3 Å². The van der Waals surface area contributed by atoms with Crippen LogP contribution in [-0.4, -0.2) is 62.2 Å². The van der Waals surface area contributed by atoms with Crippen LogP contribution >= 0.6 is 11.3 Å². The molecule has 11 heteroatoms. The Morgan fingerprint density at radius 2 is 2.10 bits per heavy atom. The fraction of sp³-hybridized carbons (Fsp3) is 0.389. The minimum Gasteiger partial charge on any atom is -0.495 e. The molecule has 3 rings (SSSR count). The van der Waals surface area contributed by atoms with Crippen LogP contribution in [0.15, 0.2) is 29.2 Å². The first kappa shape index (κ1) is 21.4. The highest BCUT2D eigenvalue weighted by molar-refractivity contribution is 7.89. The van der Waals surface area contributed by atoms with Crippen molar-refractivity contribution < 1.29 is 22.7 Å². The maximum atomic E-state index is 13.0. The van der Waals surface area contributed by atoms with E-state index in [2.05, 4.69) is 15.5 Å². The largest absolute Gasteiger partial charge is 0.495 e. The monoisotopic (exact) mass is 438 g/mol. The summed E-state index contributed by atoms with van der Waals surface area (Å²) in [5, 5.41) is 11.7. The standard InChI is InChI=1S/C18H22N4O5S2/c1-3-17-20-21-18(28-17)19-16(23)7-5-13-4-6-14(26-2)15(12-13)29(24,25)22-8-10-27-11-9-22/h4-7,12H,3,8-11H2,1-2H3,(H,19,21,23)/b7-5+. The number of carbonyl (C=O) groups is 1. The lowest BCUT2D eigenvalue weighted by molar-refractivity contribution is -0.111. The van der Waals surface area contributed by atoms with E-state index in [1.807, 2.05) is 6.92 Å². The van der Waals surface area contributed by atoms with Gasteiger partial charge in [0.15, 0.2) is 0 Å².